The minimum Gasteiger partial charge on any atom is -0.493 e. The first-order chi connectivity index (χ1) is 7.69. The van der Waals surface area contributed by atoms with Crippen LogP contribution in [0, 0.1) is 0 Å². The van der Waals surface area contributed by atoms with Crippen molar-refractivity contribution < 1.29 is 14.6 Å². The highest BCUT2D eigenvalue weighted by Gasteiger charge is 2.16. The van der Waals surface area contributed by atoms with E-state index in [4.69, 9.17) is 26.2 Å². The molecule has 0 saturated carbocycles. The second-order valence-corrected chi connectivity index (χ2v) is 3.77. The summed E-state index contributed by atoms with van der Waals surface area (Å²) < 4.78 is 10.4. The molecule has 16 heavy (non-hydrogen) atoms. The Morgan fingerprint density at radius 3 is 2.44 bits per heavy atom. The first-order valence-corrected chi connectivity index (χ1v) is 5.60. The van der Waals surface area contributed by atoms with Crippen LogP contribution >= 0.6 is 11.6 Å². The molecular weight excluding hydrogens is 228 g/mol. The molecule has 0 heterocycles. The highest BCUT2D eigenvalue weighted by atomic mass is 35.5. The van der Waals surface area contributed by atoms with Gasteiger partial charge in [-0.05, 0) is 30.0 Å². The Morgan fingerprint density at radius 1 is 1.31 bits per heavy atom. The molecule has 0 amide bonds. The number of halogens is 1. The van der Waals surface area contributed by atoms with E-state index in [9.17, 15) is 0 Å². The molecule has 0 aliphatic rings. The summed E-state index contributed by atoms with van der Waals surface area (Å²) in [6, 6.07) is 1.87. The Balaban J connectivity index is 3.35. The Kier molecular flexibility index (Phi) is 4.90. The van der Waals surface area contributed by atoms with Gasteiger partial charge in [-0.15, -0.1) is 0 Å². The Labute approximate surface area is 101 Å². The Bertz CT molecular complexity index is 364. The zero-order chi connectivity index (χ0) is 12.1. The van der Waals surface area contributed by atoms with Crippen LogP contribution in [0.4, 0.5) is 0 Å². The molecular formula is C12H17ClO3. The highest BCUT2D eigenvalue weighted by molar-refractivity contribution is 6.33. The number of ether oxygens (including phenoxy) is 2. The number of benzene rings is 1. The molecule has 0 fully saturated rings. The Hall–Kier alpha value is -0.930. The maximum Gasteiger partial charge on any atom is 0.179 e. The largest absolute Gasteiger partial charge is 0.493 e. The average Bonchev–Trinajstić information content (AvgIpc) is 2.29. The number of hydrogen-bond donors (Lipinski definition) is 1. The van der Waals surface area contributed by atoms with Gasteiger partial charge in [0.2, 0.25) is 0 Å². The van der Waals surface area contributed by atoms with Crippen molar-refractivity contribution in [2.45, 2.75) is 19.8 Å². The first-order valence-electron chi connectivity index (χ1n) is 5.22. The molecule has 90 valence electrons. The van der Waals surface area contributed by atoms with Gasteiger partial charge in [0, 0.05) is 6.61 Å². The predicted molar refractivity (Wildman–Crippen MR) is 64.7 cm³/mol. The molecule has 1 N–H and O–H groups in total. The van der Waals surface area contributed by atoms with Crippen LogP contribution in [0.3, 0.4) is 0 Å². The number of aliphatic hydroxyl groups excluding tert-OH is 1. The van der Waals surface area contributed by atoms with Gasteiger partial charge in [0.25, 0.3) is 0 Å². The van der Waals surface area contributed by atoms with Crippen LogP contribution in [0.1, 0.15) is 18.1 Å². The van der Waals surface area contributed by atoms with Crippen molar-refractivity contribution in [3.63, 3.8) is 0 Å². The van der Waals surface area contributed by atoms with Gasteiger partial charge in [-0.1, -0.05) is 18.5 Å². The fourth-order valence-corrected chi connectivity index (χ4v) is 2.19. The third kappa shape index (κ3) is 2.42. The molecule has 3 nitrogen and oxygen atoms in total. The molecule has 0 atom stereocenters. The zero-order valence-electron chi connectivity index (χ0n) is 9.84. The fraction of sp³-hybridized carbons (Fsp3) is 0.500. The minimum atomic E-state index is 0.0960. The quantitative estimate of drug-likeness (QED) is 0.865. The molecule has 0 saturated heterocycles. The van der Waals surface area contributed by atoms with E-state index >= 15 is 0 Å². The lowest BCUT2D eigenvalue weighted by Crippen LogP contribution is -2.01. The highest BCUT2D eigenvalue weighted by Crippen LogP contribution is 2.39. The maximum atomic E-state index is 9.01. The predicted octanol–water partition coefficient (Wildman–Crippen LogP) is 2.45. The van der Waals surface area contributed by atoms with Gasteiger partial charge in [0.05, 0.1) is 19.2 Å². The maximum absolute atomic E-state index is 9.01. The summed E-state index contributed by atoms with van der Waals surface area (Å²) in [5, 5.41) is 9.58. The van der Waals surface area contributed by atoms with Crippen molar-refractivity contribution in [2.75, 3.05) is 20.8 Å². The SMILES string of the molecule is CCc1c(CCO)cc(OC)c(OC)c1Cl. The summed E-state index contributed by atoms with van der Waals surface area (Å²) >= 11 is 6.25. The van der Waals surface area contributed by atoms with Crippen LogP contribution in [-0.4, -0.2) is 25.9 Å². The molecule has 0 bridgehead atoms. The number of aliphatic hydroxyl groups is 1. The van der Waals surface area contributed by atoms with Gasteiger partial charge in [0.15, 0.2) is 11.5 Å². The van der Waals surface area contributed by atoms with Gasteiger partial charge in [-0.3, -0.25) is 0 Å². The van der Waals surface area contributed by atoms with Crippen molar-refractivity contribution in [2.24, 2.45) is 0 Å². The standard InChI is InChI=1S/C12H17ClO3/c1-4-9-8(5-6-14)7-10(15-2)12(16-3)11(9)13/h7,14H,4-6H2,1-3H3. The van der Waals surface area contributed by atoms with E-state index in [0.29, 0.717) is 22.9 Å². The van der Waals surface area contributed by atoms with Gasteiger partial charge in [-0.25, -0.2) is 0 Å². The topological polar surface area (TPSA) is 38.7 Å². The van der Waals surface area contributed by atoms with Crippen LogP contribution in [-0.2, 0) is 12.8 Å². The molecule has 0 aromatic heterocycles. The number of hydrogen-bond acceptors (Lipinski definition) is 3. The molecule has 4 heteroatoms. The van der Waals surface area contributed by atoms with Crippen molar-refractivity contribution in [1.29, 1.82) is 0 Å². The van der Waals surface area contributed by atoms with E-state index < -0.39 is 0 Å². The van der Waals surface area contributed by atoms with E-state index in [-0.39, 0.29) is 6.61 Å². The van der Waals surface area contributed by atoms with Crippen molar-refractivity contribution in [3.8, 4) is 11.5 Å². The van der Waals surface area contributed by atoms with E-state index in [1.165, 1.54) is 0 Å². The minimum absolute atomic E-state index is 0.0960. The van der Waals surface area contributed by atoms with E-state index in [1.807, 2.05) is 13.0 Å². The zero-order valence-corrected chi connectivity index (χ0v) is 10.6. The Morgan fingerprint density at radius 2 is 2.00 bits per heavy atom. The van der Waals surface area contributed by atoms with Crippen LogP contribution in [0.25, 0.3) is 0 Å². The van der Waals surface area contributed by atoms with E-state index in [0.717, 1.165) is 17.5 Å². The lowest BCUT2D eigenvalue weighted by Gasteiger charge is -2.16. The lowest BCUT2D eigenvalue weighted by atomic mass is 10.0. The van der Waals surface area contributed by atoms with E-state index in [2.05, 4.69) is 0 Å². The molecule has 0 spiro atoms. The summed E-state index contributed by atoms with van der Waals surface area (Å²) in [4.78, 5) is 0. The van der Waals surface area contributed by atoms with Crippen molar-refractivity contribution in [1.82, 2.24) is 0 Å². The molecule has 1 aromatic rings. The van der Waals surface area contributed by atoms with Crippen molar-refractivity contribution in [3.05, 3.63) is 22.2 Å². The summed E-state index contributed by atoms with van der Waals surface area (Å²) in [5.74, 6) is 1.16. The third-order valence-corrected chi connectivity index (χ3v) is 2.94. The summed E-state index contributed by atoms with van der Waals surface area (Å²) in [5.41, 5.74) is 2.01. The molecule has 0 unspecified atom stereocenters. The average molecular weight is 245 g/mol. The number of methoxy groups -OCH3 is 2. The normalized spacial score (nSPS) is 10.3. The summed E-state index contributed by atoms with van der Waals surface area (Å²) in [6.45, 7) is 2.12. The van der Waals surface area contributed by atoms with Gasteiger partial charge < -0.3 is 14.6 Å². The van der Waals surface area contributed by atoms with Crippen LogP contribution in [0.15, 0.2) is 6.07 Å². The fourth-order valence-electron chi connectivity index (χ4n) is 1.76. The van der Waals surface area contributed by atoms with Gasteiger partial charge >= 0.3 is 0 Å². The molecule has 0 aliphatic heterocycles. The monoisotopic (exact) mass is 244 g/mol. The van der Waals surface area contributed by atoms with Gasteiger partial charge in [-0.2, -0.15) is 0 Å². The third-order valence-electron chi connectivity index (χ3n) is 2.54. The van der Waals surface area contributed by atoms with Crippen LogP contribution < -0.4 is 9.47 Å². The van der Waals surface area contributed by atoms with Crippen molar-refractivity contribution >= 4 is 11.6 Å². The molecule has 1 aromatic carbocycles. The number of rotatable bonds is 5. The first kappa shape index (κ1) is 13.1. The molecule has 0 radical (unpaired) electrons. The van der Waals surface area contributed by atoms with Gasteiger partial charge in [0.1, 0.15) is 0 Å². The van der Waals surface area contributed by atoms with Crippen LogP contribution in [0.2, 0.25) is 5.02 Å². The van der Waals surface area contributed by atoms with Crippen LogP contribution in [0.5, 0.6) is 11.5 Å². The van der Waals surface area contributed by atoms with E-state index in [1.54, 1.807) is 14.2 Å². The molecule has 1 rings (SSSR count). The second-order valence-electron chi connectivity index (χ2n) is 3.39. The smallest absolute Gasteiger partial charge is 0.179 e. The molecule has 0 aliphatic carbocycles. The second kappa shape index (κ2) is 5.97. The lowest BCUT2D eigenvalue weighted by molar-refractivity contribution is 0.298. The summed E-state index contributed by atoms with van der Waals surface area (Å²) in [6.07, 6.45) is 1.37. The summed E-state index contributed by atoms with van der Waals surface area (Å²) in [7, 11) is 3.14.